The molecule has 0 bridgehead atoms. The van der Waals surface area contributed by atoms with Crippen molar-refractivity contribution >= 4 is 39.7 Å². The summed E-state index contributed by atoms with van der Waals surface area (Å²) in [6.45, 7) is 0.590. The van der Waals surface area contributed by atoms with Gasteiger partial charge in [-0.05, 0) is 42.5 Å². The summed E-state index contributed by atoms with van der Waals surface area (Å²) in [7, 11) is 0. The van der Waals surface area contributed by atoms with Gasteiger partial charge in [0.25, 0.3) is 11.8 Å². The SMILES string of the molecule is O=C(ON1C(=O)CCC1=O)c1ccc(OCCCOc2c3occc3cc3ccc(=O)oc23)cc1. The molecule has 1 aliphatic rings. The Morgan fingerprint density at radius 2 is 1.57 bits per heavy atom. The highest BCUT2D eigenvalue weighted by molar-refractivity contribution is 6.03. The number of hydrogen-bond donors (Lipinski definition) is 0. The molecule has 0 aliphatic carbocycles. The fraction of sp³-hybridized carbons (Fsp3) is 0.200. The van der Waals surface area contributed by atoms with Gasteiger partial charge in [-0.15, -0.1) is 5.06 Å². The van der Waals surface area contributed by atoms with E-state index in [0.29, 0.717) is 40.8 Å². The van der Waals surface area contributed by atoms with Crippen molar-refractivity contribution in [2.75, 3.05) is 13.2 Å². The topological polar surface area (TPSA) is 125 Å². The van der Waals surface area contributed by atoms with E-state index in [1.807, 2.05) is 6.07 Å². The van der Waals surface area contributed by atoms with Gasteiger partial charge in [0.05, 0.1) is 25.0 Å². The molecule has 1 saturated heterocycles. The third-order valence-corrected chi connectivity index (χ3v) is 5.36. The van der Waals surface area contributed by atoms with Gasteiger partial charge >= 0.3 is 11.6 Å². The third-order valence-electron chi connectivity index (χ3n) is 5.36. The summed E-state index contributed by atoms with van der Waals surface area (Å²) in [6.07, 6.45) is 2.12. The predicted octanol–water partition coefficient (Wildman–Crippen LogP) is 3.61. The first-order valence-electron chi connectivity index (χ1n) is 10.9. The third kappa shape index (κ3) is 4.58. The summed E-state index contributed by atoms with van der Waals surface area (Å²) in [5, 5.41) is 2.06. The van der Waals surface area contributed by atoms with Gasteiger partial charge in [0, 0.05) is 36.1 Å². The molecule has 10 heteroatoms. The molecule has 2 aromatic carbocycles. The second-order valence-corrected chi connectivity index (χ2v) is 7.75. The summed E-state index contributed by atoms with van der Waals surface area (Å²) in [6, 6.07) is 12.8. The zero-order valence-electron chi connectivity index (χ0n) is 18.4. The fourth-order valence-electron chi connectivity index (χ4n) is 3.64. The predicted molar refractivity (Wildman–Crippen MR) is 121 cm³/mol. The Kier molecular flexibility index (Phi) is 5.92. The van der Waals surface area contributed by atoms with Crippen LogP contribution in [0.3, 0.4) is 0 Å². The largest absolute Gasteiger partial charge is 0.493 e. The highest BCUT2D eigenvalue weighted by atomic mass is 16.7. The molecule has 0 radical (unpaired) electrons. The Bertz CT molecular complexity index is 1470. The lowest BCUT2D eigenvalue weighted by molar-refractivity contribution is -0.172. The molecule has 178 valence electrons. The number of rotatable bonds is 8. The van der Waals surface area contributed by atoms with Gasteiger partial charge in [-0.25, -0.2) is 9.59 Å². The van der Waals surface area contributed by atoms with Gasteiger partial charge in [0.2, 0.25) is 5.75 Å². The molecule has 0 atom stereocenters. The maximum Gasteiger partial charge on any atom is 0.363 e. The average molecular weight is 477 g/mol. The highest BCUT2D eigenvalue weighted by Gasteiger charge is 2.33. The summed E-state index contributed by atoms with van der Waals surface area (Å²) >= 11 is 0. The Balaban J connectivity index is 1.15. The van der Waals surface area contributed by atoms with Gasteiger partial charge < -0.3 is 23.1 Å². The minimum atomic E-state index is -0.806. The molecular formula is C25H19NO9. The normalized spacial score (nSPS) is 13.5. The van der Waals surface area contributed by atoms with E-state index in [1.165, 1.54) is 24.5 Å². The van der Waals surface area contributed by atoms with Crippen molar-refractivity contribution < 1.29 is 37.5 Å². The van der Waals surface area contributed by atoms with Gasteiger partial charge in [-0.3, -0.25) is 9.59 Å². The van der Waals surface area contributed by atoms with Gasteiger partial charge in [0.1, 0.15) is 5.75 Å². The van der Waals surface area contributed by atoms with Crippen molar-refractivity contribution in [1.82, 2.24) is 5.06 Å². The van der Waals surface area contributed by atoms with Crippen LogP contribution < -0.4 is 15.1 Å². The molecule has 35 heavy (non-hydrogen) atoms. The molecule has 2 amide bonds. The Morgan fingerprint density at radius 3 is 2.34 bits per heavy atom. The van der Waals surface area contributed by atoms with Crippen LogP contribution in [0.1, 0.15) is 29.6 Å². The second-order valence-electron chi connectivity index (χ2n) is 7.75. The molecule has 4 aromatic rings. The van der Waals surface area contributed by atoms with E-state index in [0.717, 1.165) is 10.8 Å². The van der Waals surface area contributed by atoms with E-state index in [4.69, 9.17) is 23.1 Å². The molecule has 0 unspecified atom stereocenters. The van der Waals surface area contributed by atoms with Crippen molar-refractivity contribution in [3.05, 3.63) is 70.8 Å². The number of nitrogens with zero attached hydrogens (tertiary/aromatic N) is 1. The van der Waals surface area contributed by atoms with E-state index >= 15 is 0 Å². The number of carbonyl (C=O) groups is 3. The molecule has 3 heterocycles. The molecule has 1 fully saturated rings. The van der Waals surface area contributed by atoms with E-state index in [-0.39, 0.29) is 25.0 Å². The van der Waals surface area contributed by atoms with Crippen LogP contribution in [0.5, 0.6) is 11.5 Å². The van der Waals surface area contributed by atoms with Crippen LogP contribution in [0.4, 0.5) is 0 Å². The maximum atomic E-state index is 12.2. The number of ether oxygens (including phenoxy) is 2. The van der Waals surface area contributed by atoms with Crippen LogP contribution in [-0.4, -0.2) is 36.1 Å². The van der Waals surface area contributed by atoms with Crippen LogP contribution in [0.25, 0.3) is 21.9 Å². The molecule has 10 nitrogen and oxygen atoms in total. The maximum absolute atomic E-state index is 12.2. The summed E-state index contributed by atoms with van der Waals surface area (Å²) in [4.78, 5) is 51.9. The van der Waals surface area contributed by atoms with E-state index < -0.39 is 23.4 Å². The minimum absolute atomic E-state index is 0.0317. The molecule has 0 saturated carbocycles. The van der Waals surface area contributed by atoms with Crippen molar-refractivity contribution in [2.24, 2.45) is 0 Å². The lowest BCUT2D eigenvalue weighted by Crippen LogP contribution is -2.32. The van der Waals surface area contributed by atoms with E-state index in [1.54, 1.807) is 24.3 Å². The zero-order valence-corrected chi connectivity index (χ0v) is 18.4. The van der Waals surface area contributed by atoms with E-state index in [9.17, 15) is 19.2 Å². The van der Waals surface area contributed by atoms with Crippen LogP contribution in [0.15, 0.2) is 68.4 Å². The smallest absolute Gasteiger partial charge is 0.363 e. The number of hydroxylamine groups is 2. The summed E-state index contributed by atoms with van der Waals surface area (Å²) in [5.41, 5.74) is 0.504. The molecule has 2 aromatic heterocycles. The van der Waals surface area contributed by atoms with E-state index in [2.05, 4.69) is 0 Å². The molecule has 0 spiro atoms. The number of amides is 2. The average Bonchev–Trinajstić information content (AvgIpc) is 3.45. The number of carbonyl (C=O) groups excluding carboxylic acids is 3. The van der Waals surface area contributed by atoms with Crippen LogP contribution in [-0.2, 0) is 14.4 Å². The Labute approximate surface area is 197 Å². The molecule has 1 aliphatic heterocycles. The molecular weight excluding hydrogens is 458 g/mol. The van der Waals surface area contributed by atoms with Crippen LogP contribution in [0.2, 0.25) is 0 Å². The van der Waals surface area contributed by atoms with Crippen LogP contribution in [0, 0.1) is 0 Å². The molecule has 5 rings (SSSR count). The Hall–Kier alpha value is -4.60. The zero-order chi connectivity index (χ0) is 24.4. The second kappa shape index (κ2) is 9.34. The van der Waals surface area contributed by atoms with Gasteiger partial charge in [-0.2, -0.15) is 0 Å². The standard InChI is InChI=1S/C25H19NO9/c27-19-7-8-20(28)26(19)35-25(30)15-2-5-18(6-3-15)31-11-1-12-32-24-22-17(10-13-33-22)14-16-4-9-21(29)34-23(16)24/h2-6,9-10,13-14H,1,7-8,11-12H2. The first kappa shape index (κ1) is 22.2. The summed E-state index contributed by atoms with van der Waals surface area (Å²) < 4.78 is 22.4. The van der Waals surface area contributed by atoms with Crippen molar-refractivity contribution in [1.29, 1.82) is 0 Å². The number of imide groups is 1. The highest BCUT2D eigenvalue weighted by Crippen LogP contribution is 2.35. The minimum Gasteiger partial charge on any atom is -0.493 e. The molecule has 0 N–H and O–H groups in total. The van der Waals surface area contributed by atoms with Gasteiger partial charge in [-0.1, -0.05) is 0 Å². The monoisotopic (exact) mass is 477 g/mol. The number of hydrogen-bond acceptors (Lipinski definition) is 9. The first-order chi connectivity index (χ1) is 17.0. The fourth-order valence-corrected chi connectivity index (χ4v) is 3.64. The van der Waals surface area contributed by atoms with Crippen LogP contribution >= 0.6 is 0 Å². The van der Waals surface area contributed by atoms with Gasteiger partial charge in [0.15, 0.2) is 11.2 Å². The van der Waals surface area contributed by atoms with Crippen molar-refractivity contribution in [3.63, 3.8) is 0 Å². The van der Waals surface area contributed by atoms with Crippen molar-refractivity contribution in [2.45, 2.75) is 19.3 Å². The quantitative estimate of drug-likeness (QED) is 0.212. The number of furan rings is 1. The lowest BCUT2D eigenvalue weighted by Gasteiger charge is -2.13. The lowest BCUT2D eigenvalue weighted by atomic mass is 10.1. The summed E-state index contributed by atoms with van der Waals surface area (Å²) in [5.74, 6) is -1.01. The number of benzene rings is 2. The first-order valence-corrected chi connectivity index (χ1v) is 10.9. The number of fused-ring (bicyclic) bond motifs is 2. The van der Waals surface area contributed by atoms with Crippen molar-refractivity contribution in [3.8, 4) is 11.5 Å². The Morgan fingerprint density at radius 1 is 0.857 bits per heavy atom.